The highest BCUT2D eigenvalue weighted by atomic mass is 19.4. The zero-order chi connectivity index (χ0) is 39.8. The first kappa shape index (κ1) is 34.9. The van der Waals surface area contributed by atoms with E-state index in [1.807, 2.05) is 24.3 Å². The van der Waals surface area contributed by atoms with Gasteiger partial charge in [-0.05, 0) is 158 Å². The summed E-state index contributed by atoms with van der Waals surface area (Å²) < 4.78 is 56.6. The van der Waals surface area contributed by atoms with Gasteiger partial charge < -0.3 is 0 Å². The minimum Gasteiger partial charge on any atom is -0.207 e. The van der Waals surface area contributed by atoms with Gasteiger partial charge in [0.1, 0.15) is 5.82 Å². The van der Waals surface area contributed by atoms with Crippen LogP contribution in [0.1, 0.15) is 5.56 Å². The van der Waals surface area contributed by atoms with Crippen molar-refractivity contribution in [2.45, 2.75) is 6.18 Å². The van der Waals surface area contributed by atoms with Crippen molar-refractivity contribution in [3.8, 4) is 44.5 Å². The minimum atomic E-state index is -4.48. The summed E-state index contributed by atoms with van der Waals surface area (Å²) in [5.41, 5.74) is 6.40. The van der Waals surface area contributed by atoms with Gasteiger partial charge in [0.25, 0.3) is 0 Å². The average molecular weight is 769 g/mol. The third-order valence-corrected chi connectivity index (χ3v) is 11.9. The molecule has 0 radical (unpaired) electrons. The Morgan fingerprint density at radius 2 is 0.712 bits per heavy atom. The Morgan fingerprint density at radius 1 is 0.288 bits per heavy atom. The van der Waals surface area contributed by atoms with Crippen molar-refractivity contribution in [2.24, 2.45) is 0 Å². The lowest BCUT2D eigenvalue weighted by atomic mass is 9.81. The van der Waals surface area contributed by atoms with Crippen LogP contribution in [0.3, 0.4) is 0 Å². The Bertz CT molecular complexity index is 3490. The van der Waals surface area contributed by atoms with Crippen LogP contribution in [0.5, 0.6) is 0 Å². The zero-order valence-electron chi connectivity index (χ0n) is 31.5. The van der Waals surface area contributed by atoms with E-state index in [2.05, 4.69) is 133 Å². The van der Waals surface area contributed by atoms with Gasteiger partial charge >= 0.3 is 6.18 Å². The highest BCUT2D eigenvalue weighted by molar-refractivity contribution is 6.29. The summed E-state index contributed by atoms with van der Waals surface area (Å²) >= 11 is 0. The van der Waals surface area contributed by atoms with Crippen molar-refractivity contribution in [2.75, 3.05) is 0 Å². The highest BCUT2D eigenvalue weighted by Crippen LogP contribution is 2.50. The molecule has 0 atom stereocenters. The molecule has 0 aliphatic carbocycles. The highest BCUT2D eigenvalue weighted by Gasteiger charge is 2.30. The molecule has 11 rings (SSSR count). The second-order valence-electron chi connectivity index (χ2n) is 15.2. The number of hydrogen-bond donors (Lipinski definition) is 0. The predicted octanol–water partition coefficient (Wildman–Crippen LogP) is 16.4. The standard InChI is InChI=1S/C55H32F4/c56-40-24-20-33(21-25-40)35-22-26-47-51(29-35)53(49-31-37-10-1-3-14-41(37)43-16-5-7-18-45(43)49)48-27-23-36(34-12-9-13-39(28-34)55(57,58)59)30-52(48)54(47)50-32-38-11-2-4-15-42(38)44-17-6-8-19-46(44)50/h1-32H. The van der Waals surface area contributed by atoms with Gasteiger partial charge in [0.2, 0.25) is 0 Å². The molecule has 0 aromatic heterocycles. The van der Waals surface area contributed by atoms with E-state index in [4.69, 9.17) is 0 Å². The first-order chi connectivity index (χ1) is 28.8. The Kier molecular flexibility index (Phi) is 7.92. The van der Waals surface area contributed by atoms with Gasteiger partial charge in [-0.25, -0.2) is 4.39 Å². The SMILES string of the molecule is Fc1ccc(-c2ccc3c(-c4cc5ccccc5c5ccccc45)c4cc(-c5cccc(C(F)(F)F)c5)ccc4c(-c4cc5ccccc5c5ccccc45)c3c2)cc1. The van der Waals surface area contributed by atoms with Crippen LogP contribution in [0.2, 0.25) is 0 Å². The second-order valence-corrected chi connectivity index (χ2v) is 15.2. The number of hydrogen-bond acceptors (Lipinski definition) is 0. The van der Waals surface area contributed by atoms with Crippen molar-refractivity contribution in [1.29, 1.82) is 0 Å². The smallest absolute Gasteiger partial charge is 0.207 e. The van der Waals surface area contributed by atoms with Crippen LogP contribution < -0.4 is 0 Å². The second kappa shape index (κ2) is 13.4. The first-order valence-electron chi connectivity index (χ1n) is 19.6. The largest absolute Gasteiger partial charge is 0.416 e. The van der Waals surface area contributed by atoms with Crippen LogP contribution in [0.25, 0.3) is 109 Å². The lowest BCUT2D eigenvalue weighted by Gasteiger charge is -2.22. The van der Waals surface area contributed by atoms with E-state index in [-0.39, 0.29) is 5.82 Å². The van der Waals surface area contributed by atoms with E-state index in [9.17, 15) is 17.6 Å². The molecule has 0 saturated heterocycles. The summed E-state index contributed by atoms with van der Waals surface area (Å²) in [6.45, 7) is 0. The van der Waals surface area contributed by atoms with E-state index >= 15 is 0 Å². The van der Waals surface area contributed by atoms with Crippen LogP contribution >= 0.6 is 0 Å². The number of fused-ring (bicyclic) bond motifs is 8. The van der Waals surface area contributed by atoms with Crippen molar-refractivity contribution >= 4 is 64.6 Å². The van der Waals surface area contributed by atoms with Crippen LogP contribution in [-0.4, -0.2) is 0 Å². The molecule has 0 amide bonds. The first-order valence-corrected chi connectivity index (χ1v) is 19.6. The normalized spacial score (nSPS) is 12.1. The monoisotopic (exact) mass is 768 g/mol. The van der Waals surface area contributed by atoms with Gasteiger partial charge in [-0.15, -0.1) is 0 Å². The quantitative estimate of drug-likeness (QED) is 0.0950. The van der Waals surface area contributed by atoms with Crippen LogP contribution in [0.4, 0.5) is 17.6 Å². The number of benzene rings is 11. The minimum absolute atomic E-state index is 0.300. The summed E-state index contributed by atoms with van der Waals surface area (Å²) in [6, 6.07) is 62.9. The third kappa shape index (κ3) is 5.74. The molecular formula is C55H32F4. The summed E-state index contributed by atoms with van der Waals surface area (Å²) in [7, 11) is 0. The maximum Gasteiger partial charge on any atom is 0.416 e. The van der Waals surface area contributed by atoms with Crippen molar-refractivity contribution in [3.63, 3.8) is 0 Å². The molecule has 280 valence electrons. The molecule has 0 saturated carbocycles. The van der Waals surface area contributed by atoms with Gasteiger partial charge in [-0.3, -0.25) is 0 Å². The fourth-order valence-electron chi connectivity index (χ4n) is 9.21. The lowest BCUT2D eigenvalue weighted by Crippen LogP contribution is -2.04. The molecule has 0 unspecified atom stereocenters. The summed E-state index contributed by atoms with van der Waals surface area (Å²) in [6.07, 6.45) is -4.48. The van der Waals surface area contributed by atoms with Gasteiger partial charge in [0.15, 0.2) is 0 Å². The molecule has 11 aromatic rings. The average Bonchev–Trinajstić information content (AvgIpc) is 3.27. The molecule has 0 N–H and O–H groups in total. The Morgan fingerprint density at radius 3 is 1.22 bits per heavy atom. The molecule has 0 aliphatic heterocycles. The molecule has 0 aliphatic rings. The number of alkyl halides is 3. The van der Waals surface area contributed by atoms with Crippen molar-refractivity contribution in [1.82, 2.24) is 0 Å². The maximum absolute atomic E-state index is 14.3. The van der Waals surface area contributed by atoms with Crippen molar-refractivity contribution < 1.29 is 17.6 Å². The number of halogens is 4. The van der Waals surface area contributed by atoms with E-state index in [1.165, 1.54) is 24.3 Å². The van der Waals surface area contributed by atoms with Gasteiger partial charge in [-0.1, -0.05) is 146 Å². The molecular weight excluding hydrogens is 737 g/mol. The summed E-state index contributed by atoms with van der Waals surface area (Å²) in [4.78, 5) is 0. The fourth-order valence-corrected chi connectivity index (χ4v) is 9.21. The van der Waals surface area contributed by atoms with Gasteiger partial charge in [0, 0.05) is 0 Å². The zero-order valence-corrected chi connectivity index (χ0v) is 31.5. The summed E-state index contributed by atoms with van der Waals surface area (Å²) in [5, 5.41) is 12.8. The third-order valence-electron chi connectivity index (χ3n) is 11.9. The van der Waals surface area contributed by atoms with Crippen LogP contribution in [0.15, 0.2) is 194 Å². The van der Waals surface area contributed by atoms with E-state index in [0.717, 1.165) is 104 Å². The van der Waals surface area contributed by atoms with E-state index in [1.54, 1.807) is 6.07 Å². The molecule has 11 aromatic carbocycles. The summed E-state index contributed by atoms with van der Waals surface area (Å²) in [5.74, 6) is -0.300. The van der Waals surface area contributed by atoms with Crippen molar-refractivity contribution in [3.05, 3.63) is 206 Å². The van der Waals surface area contributed by atoms with Gasteiger partial charge in [0.05, 0.1) is 5.56 Å². The molecule has 0 bridgehead atoms. The number of rotatable bonds is 4. The predicted molar refractivity (Wildman–Crippen MR) is 238 cm³/mol. The molecule has 0 fully saturated rings. The Labute approximate surface area is 337 Å². The van der Waals surface area contributed by atoms with Crippen LogP contribution in [-0.2, 0) is 6.18 Å². The molecule has 0 spiro atoms. The molecule has 0 heterocycles. The maximum atomic E-state index is 14.3. The van der Waals surface area contributed by atoms with E-state index in [0.29, 0.717) is 11.1 Å². The molecule has 59 heavy (non-hydrogen) atoms. The molecule has 0 nitrogen and oxygen atoms in total. The fraction of sp³-hybridized carbons (Fsp3) is 0.0182. The molecule has 4 heteroatoms. The topological polar surface area (TPSA) is 0 Å². The van der Waals surface area contributed by atoms with Crippen LogP contribution in [0, 0.1) is 5.82 Å². The van der Waals surface area contributed by atoms with E-state index < -0.39 is 11.7 Å². The Hall–Kier alpha value is -7.30. The van der Waals surface area contributed by atoms with Gasteiger partial charge in [-0.2, -0.15) is 13.2 Å². The Balaban J connectivity index is 1.35. The lowest BCUT2D eigenvalue weighted by molar-refractivity contribution is -0.137.